The van der Waals surface area contributed by atoms with E-state index in [2.05, 4.69) is 15.9 Å². The van der Waals surface area contributed by atoms with E-state index in [-0.39, 0.29) is 6.61 Å². The summed E-state index contributed by atoms with van der Waals surface area (Å²) in [5, 5.41) is 10.5. The molecule has 3 rings (SSSR count). The van der Waals surface area contributed by atoms with Crippen molar-refractivity contribution in [1.29, 1.82) is 0 Å². The zero-order chi connectivity index (χ0) is 22.9. The number of anilines is 1. The number of aliphatic hydroxyl groups excluding tert-OH is 1. The van der Waals surface area contributed by atoms with Gasteiger partial charge in [0.05, 0.1) is 53.4 Å². The molecule has 1 aliphatic heterocycles. The van der Waals surface area contributed by atoms with Gasteiger partial charge in [-0.3, -0.25) is 4.90 Å². The number of hydrogen-bond acceptors (Lipinski definition) is 8. The number of aliphatic hydroxyl groups is 1. The van der Waals surface area contributed by atoms with Gasteiger partial charge in [0, 0.05) is 32.7 Å². The van der Waals surface area contributed by atoms with Gasteiger partial charge in [0.2, 0.25) is 5.75 Å². The molecule has 8 nitrogen and oxygen atoms in total. The lowest BCUT2D eigenvalue weighted by Crippen LogP contribution is -2.49. The van der Waals surface area contributed by atoms with Crippen LogP contribution >= 0.6 is 0 Å². The SMILES string of the molecule is COc1ccccc1N1CCN(CC(O)COCc2cc(OC)c(OC)c(OC)c2)CC1. The van der Waals surface area contributed by atoms with Gasteiger partial charge in [0.15, 0.2) is 11.5 Å². The summed E-state index contributed by atoms with van der Waals surface area (Å²) in [6.45, 7) is 4.70. The Hall–Kier alpha value is -2.68. The first-order chi connectivity index (χ1) is 15.6. The molecule has 0 aliphatic carbocycles. The molecule has 0 amide bonds. The molecule has 8 heteroatoms. The molecule has 1 atom stereocenters. The number of para-hydroxylation sites is 2. The van der Waals surface area contributed by atoms with Gasteiger partial charge in [0.1, 0.15) is 5.75 Å². The summed E-state index contributed by atoms with van der Waals surface area (Å²) in [7, 11) is 6.44. The Labute approximate surface area is 190 Å². The highest BCUT2D eigenvalue weighted by Gasteiger charge is 2.21. The fourth-order valence-electron chi connectivity index (χ4n) is 3.94. The van der Waals surface area contributed by atoms with Crippen molar-refractivity contribution in [3.63, 3.8) is 0 Å². The molecule has 176 valence electrons. The topological polar surface area (TPSA) is 72.9 Å². The molecular formula is C24H34N2O6. The number of hydrogen-bond donors (Lipinski definition) is 1. The van der Waals surface area contributed by atoms with E-state index in [1.165, 1.54) is 0 Å². The predicted octanol–water partition coefficient (Wildman–Crippen LogP) is 2.42. The van der Waals surface area contributed by atoms with E-state index in [0.717, 1.165) is 43.2 Å². The summed E-state index contributed by atoms with van der Waals surface area (Å²) in [4.78, 5) is 4.59. The first-order valence-electron chi connectivity index (χ1n) is 10.7. The maximum atomic E-state index is 10.5. The Kier molecular flexibility index (Phi) is 8.84. The quantitative estimate of drug-likeness (QED) is 0.564. The van der Waals surface area contributed by atoms with E-state index in [9.17, 15) is 5.11 Å². The highest BCUT2D eigenvalue weighted by Crippen LogP contribution is 2.38. The summed E-state index contributed by atoms with van der Waals surface area (Å²) in [6.07, 6.45) is -0.560. The largest absolute Gasteiger partial charge is 0.495 e. The van der Waals surface area contributed by atoms with E-state index < -0.39 is 6.10 Å². The van der Waals surface area contributed by atoms with Gasteiger partial charge in [-0.15, -0.1) is 0 Å². The van der Waals surface area contributed by atoms with Crippen LogP contribution in [0.3, 0.4) is 0 Å². The van der Waals surface area contributed by atoms with Crippen LogP contribution in [0.2, 0.25) is 0 Å². The van der Waals surface area contributed by atoms with E-state index >= 15 is 0 Å². The number of rotatable bonds is 11. The smallest absolute Gasteiger partial charge is 0.203 e. The van der Waals surface area contributed by atoms with Gasteiger partial charge < -0.3 is 33.7 Å². The molecular weight excluding hydrogens is 412 g/mol. The molecule has 1 N–H and O–H groups in total. The van der Waals surface area contributed by atoms with Crippen LogP contribution in [0.25, 0.3) is 0 Å². The van der Waals surface area contributed by atoms with Gasteiger partial charge >= 0.3 is 0 Å². The second-order valence-electron chi connectivity index (χ2n) is 7.66. The van der Waals surface area contributed by atoms with Crippen LogP contribution in [-0.2, 0) is 11.3 Å². The number of piperazine rings is 1. The molecule has 0 aromatic heterocycles. The molecule has 0 radical (unpaired) electrons. The highest BCUT2D eigenvalue weighted by atomic mass is 16.5. The molecule has 2 aromatic rings. The van der Waals surface area contributed by atoms with Crippen LogP contribution < -0.4 is 23.8 Å². The standard InChI is InChI=1S/C24H34N2O6/c1-28-21-8-6-5-7-20(21)26-11-9-25(10-12-26)15-19(27)17-32-16-18-13-22(29-2)24(31-4)23(14-18)30-3/h5-8,13-14,19,27H,9-12,15-17H2,1-4H3. The third-order valence-corrected chi connectivity index (χ3v) is 5.57. The minimum atomic E-state index is -0.560. The fraction of sp³-hybridized carbons (Fsp3) is 0.500. The van der Waals surface area contributed by atoms with E-state index in [1.54, 1.807) is 28.4 Å². The Morgan fingerprint density at radius 3 is 2.06 bits per heavy atom. The highest BCUT2D eigenvalue weighted by molar-refractivity contribution is 5.58. The molecule has 32 heavy (non-hydrogen) atoms. The zero-order valence-electron chi connectivity index (χ0n) is 19.4. The molecule has 0 bridgehead atoms. The molecule has 2 aromatic carbocycles. The molecule has 1 heterocycles. The van der Waals surface area contributed by atoms with Crippen molar-refractivity contribution in [2.45, 2.75) is 12.7 Å². The first kappa shape index (κ1) is 24.0. The van der Waals surface area contributed by atoms with Crippen LogP contribution in [0.15, 0.2) is 36.4 Å². The van der Waals surface area contributed by atoms with Crippen molar-refractivity contribution < 1.29 is 28.8 Å². The molecule has 1 unspecified atom stereocenters. The summed E-state index contributed by atoms with van der Waals surface area (Å²) in [5.41, 5.74) is 2.00. The van der Waals surface area contributed by atoms with Crippen LogP contribution in [0, 0.1) is 0 Å². The van der Waals surface area contributed by atoms with Crippen molar-refractivity contribution in [3.05, 3.63) is 42.0 Å². The normalized spacial score (nSPS) is 15.3. The van der Waals surface area contributed by atoms with Crippen molar-refractivity contribution >= 4 is 5.69 Å². The third kappa shape index (κ3) is 5.97. The van der Waals surface area contributed by atoms with Crippen molar-refractivity contribution in [2.75, 3.05) is 72.7 Å². The number of ether oxygens (including phenoxy) is 5. The molecule has 0 spiro atoms. The first-order valence-corrected chi connectivity index (χ1v) is 10.7. The lowest BCUT2D eigenvalue weighted by molar-refractivity contribution is 0.00904. The summed E-state index contributed by atoms with van der Waals surface area (Å²) < 4.78 is 27.3. The van der Waals surface area contributed by atoms with E-state index in [1.807, 2.05) is 30.3 Å². The maximum Gasteiger partial charge on any atom is 0.203 e. The molecule has 1 fully saturated rings. The second-order valence-corrected chi connectivity index (χ2v) is 7.66. The van der Waals surface area contributed by atoms with Gasteiger partial charge in [-0.05, 0) is 29.8 Å². The number of β-amino-alcohol motifs (C(OH)–C–C–N with tert-alkyl or cyclic N) is 1. The minimum Gasteiger partial charge on any atom is -0.495 e. The van der Waals surface area contributed by atoms with E-state index in [4.69, 9.17) is 23.7 Å². The second kappa shape index (κ2) is 11.8. The zero-order valence-corrected chi connectivity index (χ0v) is 19.4. The van der Waals surface area contributed by atoms with Crippen LogP contribution in [-0.4, -0.2) is 83.9 Å². The van der Waals surface area contributed by atoms with Crippen LogP contribution in [0.5, 0.6) is 23.0 Å². The lowest BCUT2D eigenvalue weighted by atomic mass is 10.2. The lowest BCUT2D eigenvalue weighted by Gasteiger charge is -2.37. The number of benzene rings is 2. The Morgan fingerprint density at radius 1 is 0.844 bits per heavy atom. The predicted molar refractivity (Wildman–Crippen MR) is 123 cm³/mol. The molecule has 1 aliphatic rings. The average molecular weight is 447 g/mol. The van der Waals surface area contributed by atoms with Crippen LogP contribution in [0.1, 0.15) is 5.56 Å². The summed E-state index contributed by atoms with van der Waals surface area (Å²) in [5.74, 6) is 2.60. The van der Waals surface area contributed by atoms with Gasteiger partial charge in [-0.2, -0.15) is 0 Å². The van der Waals surface area contributed by atoms with Crippen LogP contribution in [0.4, 0.5) is 5.69 Å². The Morgan fingerprint density at radius 2 is 1.47 bits per heavy atom. The Bertz CT molecular complexity index is 829. The Balaban J connectivity index is 1.45. The van der Waals surface area contributed by atoms with Gasteiger partial charge in [0.25, 0.3) is 0 Å². The number of nitrogens with zero attached hydrogens (tertiary/aromatic N) is 2. The summed E-state index contributed by atoms with van der Waals surface area (Å²) >= 11 is 0. The van der Waals surface area contributed by atoms with Gasteiger partial charge in [-0.25, -0.2) is 0 Å². The monoisotopic (exact) mass is 446 g/mol. The maximum absolute atomic E-state index is 10.5. The van der Waals surface area contributed by atoms with Crippen molar-refractivity contribution in [3.8, 4) is 23.0 Å². The third-order valence-electron chi connectivity index (χ3n) is 5.57. The average Bonchev–Trinajstić information content (AvgIpc) is 2.83. The fourth-order valence-corrected chi connectivity index (χ4v) is 3.94. The minimum absolute atomic E-state index is 0.253. The summed E-state index contributed by atoms with van der Waals surface area (Å²) in [6, 6.07) is 11.8. The molecule has 0 saturated carbocycles. The number of methoxy groups -OCH3 is 4. The molecule has 1 saturated heterocycles. The van der Waals surface area contributed by atoms with Crippen molar-refractivity contribution in [1.82, 2.24) is 4.90 Å². The van der Waals surface area contributed by atoms with E-state index in [0.29, 0.717) is 30.4 Å². The van der Waals surface area contributed by atoms with Crippen molar-refractivity contribution in [2.24, 2.45) is 0 Å². The van der Waals surface area contributed by atoms with Gasteiger partial charge in [-0.1, -0.05) is 12.1 Å².